The standard InChI is InChI=1S/C18H20BrNO/c1-3-13-11-16(19)5-6-17(13)20-12(2)14-4-7-18-15(10-14)8-9-21-18/h4-7,10-12,20H,3,8-9H2,1-2H3. The van der Waals surface area contributed by atoms with Gasteiger partial charge in [0.15, 0.2) is 0 Å². The van der Waals surface area contributed by atoms with Crippen LogP contribution in [0.2, 0.25) is 0 Å². The van der Waals surface area contributed by atoms with Crippen LogP contribution in [0, 0.1) is 0 Å². The summed E-state index contributed by atoms with van der Waals surface area (Å²) in [5, 5.41) is 3.63. The van der Waals surface area contributed by atoms with Crippen LogP contribution in [0.3, 0.4) is 0 Å². The summed E-state index contributed by atoms with van der Waals surface area (Å²) >= 11 is 3.54. The first-order chi connectivity index (χ1) is 10.2. The lowest BCUT2D eigenvalue weighted by molar-refractivity contribution is 0.357. The molecule has 0 saturated heterocycles. The first-order valence-electron chi connectivity index (χ1n) is 7.48. The largest absolute Gasteiger partial charge is 0.493 e. The maximum atomic E-state index is 5.58. The van der Waals surface area contributed by atoms with E-state index in [1.54, 1.807) is 0 Å². The molecule has 0 saturated carbocycles. The van der Waals surface area contributed by atoms with E-state index in [1.807, 2.05) is 0 Å². The number of halogens is 1. The number of benzene rings is 2. The molecule has 2 aromatic rings. The van der Waals surface area contributed by atoms with Crippen LogP contribution in [-0.4, -0.2) is 6.61 Å². The molecule has 3 rings (SSSR count). The van der Waals surface area contributed by atoms with Gasteiger partial charge in [0.25, 0.3) is 0 Å². The monoisotopic (exact) mass is 345 g/mol. The molecule has 0 bridgehead atoms. The summed E-state index contributed by atoms with van der Waals surface area (Å²) < 4.78 is 6.71. The van der Waals surface area contributed by atoms with Crippen molar-refractivity contribution in [1.29, 1.82) is 0 Å². The molecule has 0 fully saturated rings. The molecule has 0 amide bonds. The van der Waals surface area contributed by atoms with Gasteiger partial charge in [-0.1, -0.05) is 28.9 Å². The van der Waals surface area contributed by atoms with Gasteiger partial charge < -0.3 is 10.1 Å². The van der Waals surface area contributed by atoms with Crippen LogP contribution in [0.5, 0.6) is 5.75 Å². The Morgan fingerprint density at radius 2 is 2.10 bits per heavy atom. The molecule has 21 heavy (non-hydrogen) atoms. The number of hydrogen-bond donors (Lipinski definition) is 1. The predicted molar refractivity (Wildman–Crippen MR) is 91.2 cm³/mol. The Hall–Kier alpha value is -1.48. The fraction of sp³-hybridized carbons (Fsp3) is 0.333. The molecule has 1 atom stereocenters. The molecule has 1 aliphatic rings. The van der Waals surface area contributed by atoms with Crippen molar-refractivity contribution in [2.45, 2.75) is 32.7 Å². The highest BCUT2D eigenvalue weighted by molar-refractivity contribution is 9.10. The van der Waals surface area contributed by atoms with Gasteiger partial charge in [0.2, 0.25) is 0 Å². The van der Waals surface area contributed by atoms with Crippen LogP contribution in [0.15, 0.2) is 40.9 Å². The Labute approximate surface area is 134 Å². The van der Waals surface area contributed by atoms with E-state index in [2.05, 4.69) is 71.5 Å². The minimum atomic E-state index is 0.280. The molecule has 0 radical (unpaired) electrons. The van der Waals surface area contributed by atoms with E-state index in [0.717, 1.165) is 29.7 Å². The fourth-order valence-electron chi connectivity index (χ4n) is 2.79. The van der Waals surface area contributed by atoms with Gasteiger partial charge in [0.05, 0.1) is 6.61 Å². The second-order valence-corrected chi connectivity index (χ2v) is 6.40. The maximum absolute atomic E-state index is 5.58. The number of nitrogens with one attached hydrogen (secondary N) is 1. The summed E-state index contributed by atoms with van der Waals surface area (Å²) in [6.07, 6.45) is 2.04. The third kappa shape index (κ3) is 3.08. The molecule has 1 N–H and O–H groups in total. The van der Waals surface area contributed by atoms with Crippen molar-refractivity contribution >= 4 is 21.6 Å². The highest BCUT2D eigenvalue weighted by Gasteiger charge is 2.15. The molecule has 110 valence electrons. The first-order valence-corrected chi connectivity index (χ1v) is 8.27. The van der Waals surface area contributed by atoms with Gasteiger partial charge in [-0.2, -0.15) is 0 Å². The number of fused-ring (bicyclic) bond motifs is 1. The van der Waals surface area contributed by atoms with Crippen LogP contribution < -0.4 is 10.1 Å². The van der Waals surface area contributed by atoms with Gasteiger partial charge >= 0.3 is 0 Å². The lowest BCUT2D eigenvalue weighted by atomic mass is 10.0. The third-order valence-electron chi connectivity index (χ3n) is 4.03. The summed E-state index contributed by atoms with van der Waals surface area (Å²) in [7, 11) is 0. The normalized spacial score (nSPS) is 14.4. The van der Waals surface area contributed by atoms with Gasteiger partial charge in [0, 0.05) is 22.6 Å². The van der Waals surface area contributed by atoms with Gasteiger partial charge in [-0.15, -0.1) is 0 Å². The molecule has 2 aromatic carbocycles. The number of hydrogen-bond acceptors (Lipinski definition) is 2. The molecule has 1 heterocycles. The molecule has 0 aromatic heterocycles. The van der Waals surface area contributed by atoms with Crippen molar-refractivity contribution in [1.82, 2.24) is 0 Å². The summed E-state index contributed by atoms with van der Waals surface area (Å²) in [6, 6.07) is 13.2. The molecule has 0 aliphatic carbocycles. The van der Waals surface area contributed by atoms with E-state index in [0.29, 0.717) is 0 Å². The van der Waals surface area contributed by atoms with Crippen molar-refractivity contribution in [3.05, 3.63) is 57.6 Å². The van der Waals surface area contributed by atoms with Crippen LogP contribution in [0.1, 0.15) is 36.6 Å². The minimum absolute atomic E-state index is 0.280. The summed E-state index contributed by atoms with van der Waals surface area (Å²) in [4.78, 5) is 0. The van der Waals surface area contributed by atoms with Crippen molar-refractivity contribution in [3.8, 4) is 5.75 Å². The molecule has 3 heteroatoms. The number of anilines is 1. The van der Waals surface area contributed by atoms with Crippen LogP contribution in [-0.2, 0) is 12.8 Å². The summed E-state index contributed by atoms with van der Waals surface area (Å²) in [5.74, 6) is 1.05. The Balaban J connectivity index is 1.81. The molecule has 1 unspecified atom stereocenters. The smallest absolute Gasteiger partial charge is 0.122 e. The lowest BCUT2D eigenvalue weighted by Gasteiger charge is -2.19. The zero-order valence-corrected chi connectivity index (χ0v) is 14.0. The predicted octanol–water partition coefficient (Wildman–Crippen LogP) is 5.12. The molecular formula is C18H20BrNO. The van der Waals surface area contributed by atoms with E-state index < -0.39 is 0 Å². The van der Waals surface area contributed by atoms with E-state index in [9.17, 15) is 0 Å². The fourth-order valence-corrected chi connectivity index (χ4v) is 3.20. The van der Waals surface area contributed by atoms with Gasteiger partial charge in [-0.25, -0.2) is 0 Å². The van der Waals surface area contributed by atoms with Gasteiger partial charge in [-0.05, 0) is 60.4 Å². The van der Waals surface area contributed by atoms with E-state index in [-0.39, 0.29) is 6.04 Å². The number of ether oxygens (including phenoxy) is 1. The van der Waals surface area contributed by atoms with Crippen LogP contribution in [0.25, 0.3) is 0 Å². The average molecular weight is 346 g/mol. The number of aryl methyl sites for hydroxylation is 1. The Kier molecular flexibility index (Phi) is 4.20. The summed E-state index contributed by atoms with van der Waals surface area (Å²) in [5.41, 5.74) is 5.18. The average Bonchev–Trinajstić information content (AvgIpc) is 2.96. The van der Waals surface area contributed by atoms with Crippen LogP contribution in [0.4, 0.5) is 5.69 Å². The van der Waals surface area contributed by atoms with Gasteiger partial charge in [0.1, 0.15) is 5.75 Å². The van der Waals surface area contributed by atoms with E-state index >= 15 is 0 Å². The highest BCUT2D eigenvalue weighted by Crippen LogP contribution is 2.30. The summed E-state index contributed by atoms with van der Waals surface area (Å²) in [6.45, 7) is 5.21. The molecule has 0 spiro atoms. The minimum Gasteiger partial charge on any atom is -0.493 e. The van der Waals surface area contributed by atoms with E-state index in [4.69, 9.17) is 4.74 Å². The van der Waals surface area contributed by atoms with E-state index in [1.165, 1.54) is 22.4 Å². The Morgan fingerprint density at radius 3 is 2.90 bits per heavy atom. The zero-order valence-electron chi connectivity index (χ0n) is 12.4. The Bertz CT molecular complexity index is 654. The maximum Gasteiger partial charge on any atom is 0.122 e. The molecule has 2 nitrogen and oxygen atoms in total. The topological polar surface area (TPSA) is 21.3 Å². The van der Waals surface area contributed by atoms with Crippen molar-refractivity contribution < 1.29 is 4.74 Å². The first kappa shape index (κ1) is 14.5. The molecular weight excluding hydrogens is 326 g/mol. The molecule has 1 aliphatic heterocycles. The lowest BCUT2D eigenvalue weighted by Crippen LogP contribution is -2.08. The quantitative estimate of drug-likeness (QED) is 0.830. The van der Waals surface area contributed by atoms with Crippen molar-refractivity contribution in [2.24, 2.45) is 0 Å². The van der Waals surface area contributed by atoms with Crippen molar-refractivity contribution in [3.63, 3.8) is 0 Å². The third-order valence-corrected chi connectivity index (χ3v) is 4.53. The Morgan fingerprint density at radius 1 is 1.24 bits per heavy atom. The van der Waals surface area contributed by atoms with Gasteiger partial charge in [-0.3, -0.25) is 0 Å². The van der Waals surface area contributed by atoms with Crippen LogP contribution >= 0.6 is 15.9 Å². The highest BCUT2D eigenvalue weighted by atomic mass is 79.9. The second-order valence-electron chi connectivity index (χ2n) is 5.49. The SMILES string of the molecule is CCc1cc(Br)ccc1NC(C)c1ccc2c(c1)CCO2. The number of rotatable bonds is 4. The zero-order chi connectivity index (χ0) is 14.8. The van der Waals surface area contributed by atoms with Crippen molar-refractivity contribution in [2.75, 3.05) is 11.9 Å². The second kappa shape index (κ2) is 6.10.